The smallest absolute Gasteiger partial charge is 0.263 e. The minimum Gasteiger partial charge on any atom is -0.481 e. The number of ether oxygens (including phenoxy) is 1. The fourth-order valence-corrected chi connectivity index (χ4v) is 4.71. The van der Waals surface area contributed by atoms with Crippen LogP contribution in [0, 0.1) is 0 Å². The zero-order valence-electron chi connectivity index (χ0n) is 17.4. The second-order valence-electron chi connectivity index (χ2n) is 7.25. The standard InChI is InChI=1S/C20H27N5O3S2/c1-14(2)21-17(26)13-29-20-23-22-19(30-20)25-11-9-24(10-12-25)18(27)15(3)28-16-7-5-4-6-8-16/h4-8,14-15H,9-13H2,1-3H3,(H,21,26)/t15-/m1/s1. The quantitative estimate of drug-likeness (QED) is 0.619. The second kappa shape index (κ2) is 10.6. The van der Waals surface area contributed by atoms with Gasteiger partial charge in [0.25, 0.3) is 5.91 Å². The summed E-state index contributed by atoms with van der Waals surface area (Å²) in [6, 6.07) is 9.50. The molecule has 162 valence electrons. The highest BCUT2D eigenvalue weighted by Gasteiger charge is 2.27. The van der Waals surface area contributed by atoms with E-state index < -0.39 is 6.10 Å². The van der Waals surface area contributed by atoms with Gasteiger partial charge in [-0.05, 0) is 32.9 Å². The Bertz CT molecular complexity index is 838. The maximum Gasteiger partial charge on any atom is 0.263 e. The van der Waals surface area contributed by atoms with Gasteiger partial charge in [0.1, 0.15) is 5.75 Å². The van der Waals surface area contributed by atoms with E-state index in [1.54, 1.807) is 6.92 Å². The van der Waals surface area contributed by atoms with Crippen LogP contribution in [-0.4, -0.2) is 71.0 Å². The molecule has 1 atom stereocenters. The van der Waals surface area contributed by atoms with Crippen molar-refractivity contribution in [3.05, 3.63) is 30.3 Å². The Morgan fingerprint density at radius 2 is 1.83 bits per heavy atom. The lowest BCUT2D eigenvalue weighted by atomic mass is 10.2. The van der Waals surface area contributed by atoms with Crippen LogP contribution in [0.4, 0.5) is 5.13 Å². The number of thioether (sulfide) groups is 1. The van der Waals surface area contributed by atoms with Gasteiger partial charge >= 0.3 is 0 Å². The molecular weight excluding hydrogens is 422 g/mol. The SMILES string of the molecule is CC(C)NC(=O)CSc1nnc(N2CCN(C(=O)[C@@H](C)Oc3ccccc3)CC2)s1. The van der Waals surface area contributed by atoms with Crippen molar-refractivity contribution in [2.24, 2.45) is 0 Å². The van der Waals surface area contributed by atoms with Crippen molar-refractivity contribution < 1.29 is 14.3 Å². The summed E-state index contributed by atoms with van der Waals surface area (Å²) < 4.78 is 6.52. The maximum absolute atomic E-state index is 12.7. The summed E-state index contributed by atoms with van der Waals surface area (Å²) in [6.45, 7) is 8.26. The van der Waals surface area contributed by atoms with Crippen molar-refractivity contribution in [1.82, 2.24) is 20.4 Å². The number of hydrogen-bond donors (Lipinski definition) is 1. The fraction of sp³-hybridized carbons (Fsp3) is 0.500. The van der Waals surface area contributed by atoms with Crippen LogP contribution in [0.5, 0.6) is 5.75 Å². The van der Waals surface area contributed by atoms with Gasteiger partial charge < -0.3 is 19.9 Å². The molecule has 1 aromatic heterocycles. The van der Waals surface area contributed by atoms with Gasteiger partial charge in [-0.2, -0.15) is 0 Å². The van der Waals surface area contributed by atoms with Gasteiger partial charge in [0.2, 0.25) is 11.0 Å². The number of benzene rings is 1. The zero-order valence-corrected chi connectivity index (χ0v) is 19.0. The molecule has 2 heterocycles. The van der Waals surface area contributed by atoms with Gasteiger partial charge in [0, 0.05) is 32.2 Å². The topological polar surface area (TPSA) is 87.7 Å². The van der Waals surface area contributed by atoms with Gasteiger partial charge in [-0.3, -0.25) is 9.59 Å². The molecule has 2 amide bonds. The summed E-state index contributed by atoms with van der Waals surface area (Å²) in [5.74, 6) is 1.00. The lowest BCUT2D eigenvalue weighted by Crippen LogP contribution is -2.52. The third-order valence-electron chi connectivity index (χ3n) is 4.44. The molecule has 0 aliphatic carbocycles. The first-order valence-electron chi connectivity index (χ1n) is 9.93. The molecular formula is C20H27N5O3S2. The van der Waals surface area contributed by atoms with E-state index in [9.17, 15) is 9.59 Å². The highest BCUT2D eigenvalue weighted by molar-refractivity contribution is 8.01. The van der Waals surface area contributed by atoms with E-state index >= 15 is 0 Å². The number of amides is 2. The van der Waals surface area contributed by atoms with E-state index in [0.29, 0.717) is 37.7 Å². The van der Waals surface area contributed by atoms with Crippen LogP contribution in [0.15, 0.2) is 34.7 Å². The summed E-state index contributed by atoms with van der Waals surface area (Å²) in [5, 5.41) is 12.1. The van der Waals surface area contributed by atoms with Gasteiger partial charge in [0.15, 0.2) is 10.4 Å². The number of piperazine rings is 1. The molecule has 1 N–H and O–H groups in total. The van der Waals surface area contributed by atoms with Crippen molar-refractivity contribution in [2.45, 2.75) is 37.3 Å². The zero-order chi connectivity index (χ0) is 21.5. The largest absolute Gasteiger partial charge is 0.481 e. The number of carbonyl (C=O) groups excluding carboxylic acids is 2. The first-order chi connectivity index (χ1) is 14.4. The number of rotatable bonds is 8. The van der Waals surface area contributed by atoms with E-state index in [0.717, 1.165) is 9.47 Å². The van der Waals surface area contributed by atoms with Crippen LogP contribution in [0.1, 0.15) is 20.8 Å². The van der Waals surface area contributed by atoms with Crippen LogP contribution < -0.4 is 15.0 Å². The number of hydrogen-bond acceptors (Lipinski definition) is 8. The highest BCUT2D eigenvalue weighted by Crippen LogP contribution is 2.28. The van der Waals surface area contributed by atoms with Crippen molar-refractivity contribution in [3.63, 3.8) is 0 Å². The van der Waals surface area contributed by atoms with Crippen LogP contribution >= 0.6 is 23.1 Å². The Morgan fingerprint density at radius 1 is 1.13 bits per heavy atom. The van der Waals surface area contributed by atoms with E-state index in [2.05, 4.69) is 20.4 Å². The van der Waals surface area contributed by atoms with Crippen LogP contribution in [0.2, 0.25) is 0 Å². The minimum absolute atomic E-state index is 0.00859. The van der Waals surface area contributed by atoms with Crippen molar-refractivity contribution in [3.8, 4) is 5.75 Å². The molecule has 0 spiro atoms. The third kappa shape index (κ3) is 6.33. The Balaban J connectivity index is 1.45. The van der Waals surface area contributed by atoms with Crippen molar-refractivity contribution in [1.29, 1.82) is 0 Å². The lowest BCUT2D eigenvalue weighted by Gasteiger charge is -2.35. The second-order valence-corrected chi connectivity index (χ2v) is 9.43. The molecule has 1 aromatic carbocycles. The first-order valence-corrected chi connectivity index (χ1v) is 11.7. The number of aromatic nitrogens is 2. The molecule has 1 saturated heterocycles. The molecule has 1 aliphatic rings. The van der Waals surface area contributed by atoms with Crippen molar-refractivity contribution >= 4 is 40.0 Å². The molecule has 3 rings (SSSR count). The summed E-state index contributed by atoms with van der Waals surface area (Å²) >= 11 is 2.87. The molecule has 0 saturated carbocycles. The summed E-state index contributed by atoms with van der Waals surface area (Å²) in [5.41, 5.74) is 0. The third-order valence-corrected chi connectivity index (χ3v) is 6.56. The molecule has 2 aromatic rings. The average molecular weight is 450 g/mol. The van der Waals surface area contributed by atoms with E-state index in [1.165, 1.54) is 23.1 Å². The molecule has 1 fully saturated rings. The summed E-state index contributed by atoms with van der Waals surface area (Å²) in [4.78, 5) is 28.4. The summed E-state index contributed by atoms with van der Waals surface area (Å²) in [6.07, 6.45) is -0.527. The number of nitrogens with zero attached hydrogens (tertiary/aromatic N) is 4. The summed E-state index contributed by atoms with van der Waals surface area (Å²) in [7, 11) is 0. The van der Waals surface area contributed by atoms with E-state index in [1.807, 2.05) is 49.1 Å². The van der Waals surface area contributed by atoms with Gasteiger partial charge in [-0.15, -0.1) is 10.2 Å². The number of carbonyl (C=O) groups is 2. The normalized spacial score (nSPS) is 15.2. The predicted octanol–water partition coefficient (Wildman–Crippen LogP) is 2.27. The molecule has 0 unspecified atom stereocenters. The fourth-order valence-electron chi connectivity index (χ4n) is 3.01. The molecule has 30 heavy (non-hydrogen) atoms. The van der Waals surface area contributed by atoms with Crippen LogP contribution in [-0.2, 0) is 9.59 Å². The molecule has 0 radical (unpaired) electrons. The number of anilines is 1. The Hall–Kier alpha value is -2.33. The van der Waals surface area contributed by atoms with E-state index in [4.69, 9.17) is 4.74 Å². The van der Waals surface area contributed by atoms with Crippen molar-refractivity contribution in [2.75, 3.05) is 36.8 Å². The number of para-hydroxylation sites is 1. The average Bonchev–Trinajstić information content (AvgIpc) is 3.21. The van der Waals surface area contributed by atoms with Gasteiger partial charge in [0.05, 0.1) is 5.75 Å². The molecule has 0 bridgehead atoms. The van der Waals surface area contributed by atoms with Gasteiger partial charge in [-0.25, -0.2) is 0 Å². The Morgan fingerprint density at radius 3 is 2.50 bits per heavy atom. The molecule has 10 heteroatoms. The van der Waals surface area contributed by atoms with Crippen LogP contribution in [0.25, 0.3) is 0 Å². The Labute approximate surface area is 185 Å². The molecule has 8 nitrogen and oxygen atoms in total. The predicted molar refractivity (Wildman–Crippen MR) is 119 cm³/mol. The maximum atomic E-state index is 12.7. The Kier molecular flexibility index (Phi) is 7.92. The lowest BCUT2D eigenvalue weighted by molar-refractivity contribution is -0.138. The number of nitrogens with one attached hydrogen (secondary N) is 1. The minimum atomic E-state index is -0.527. The van der Waals surface area contributed by atoms with E-state index in [-0.39, 0.29) is 17.9 Å². The molecule has 1 aliphatic heterocycles. The monoisotopic (exact) mass is 449 g/mol. The van der Waals surface area contributed by atoms with Gasteiger partial charge in [-0.1, -0.05) is 41.3 Å². The van der Waals surface area contributed by atoms with Crippen LogP contribution in [0.3, 0.4) is 0 Å². The first kappa shape index (κ1) is 22.4. The highest BCUT2D eigenvalue weighted by atomic mass is 32.2.